The quantitative estimate of drug-likeness (QED) is 0.662. The standard InChI is InChI=1S/C11H19N2O6P/c1-20(2,16,17)18-7-8-3-4-10(19-8)13-6-5-9(14)12-11(13)15/h5-6,8,10,16-17H,3-4,7H2,1-2H3,(H,12,14,15)/t8-,10+/m0/s1. The number of hydrogen-bond acceptors (Lipinski definition) is 6. The maximum absolute atomic E-state index is 11.6. The Kier molecular flexibility index (Phi) is 3.88. The molecule has 1 aromatic rings. The van der Waals surface area contributed by atoms with Crippen LogP contribution in [0.4, 0.5) is 0 Å². The van der Waals surface area contributed by atoms with E-state index >= 15 is 0 Å². The third kappa shape index (κ3) is 4.22. The molecule has 1 saturated heterocycles. The molecule has 0 radical (unpaired) electrons. The van der Waals surface area contributed by atoms with Gasteiger partial charge in [-0.2, -0.15) is 0 Å². The number of aromatic nitrogens is 2. The van der Waals surface area contributed by atoms with Crippen LogP contribution in [0.25, 0.3) is 0 Å². The van der Waals surface area contributed by atoms with Crippen molar-refractivity contribution in [3.8, 4) is 0 Å². The van der Waals surface area contributed by atoms with Crippen LogP contribution < -0.4 is 11.2 Å². The van der Waals surface area contributed by atoms with Gasteiger partial charge < -0.3 is 0 Å². The van der Waals surface area contributed by atoms with Gasteiger partial charge in [-0.25, -0.2) is 0 Å². The van der Waals surface area contributed by atoms with Gasteiger partial charge in [0, 0.05) is 0 Å². The molecule has 2 heterocycles. The summed E-state index contributed by atoms with van der Waals surface area (Å²) >= 11 is 0. The molecular weight excluding hydrogens is 287 g/mol. The number of nitrogens with one attached hydrogen (secondary N) is 1. The summed E-state index contributed by atoms with van der Waals surface area (Å²) in [5.74, 6) is 0. The molecule has 0 amide bonds. The van der Waals surface area contributed by atoms with E-state index in [2.05, 4.69) is 4.98 Å². The number of rotatable bonds is 4. The fourth-order valence-corrected chi connectivity index (χ4v) is 2.56. The molecule has 2 rings (SSSR count). The third-order valence-electron chi connectivity index (χ3n) is 2.88. The van der Waals surface area contributed by atoms with Gasteiger partial charge in [0.05, 0.1) is 0 Å². The molecule has 1 aliphatic heterocycles. The zero-order valence-corrected chi connectivity index (χ0v) is 12.2. The molecule has 0 aliphatic carbocycles. The van der Waals surface area contributed by atoms with Crippen LogP contribution in [-0.4, -0.2) is 45.4 Å². The van der Waals surface area contributed by atoms with Crippen LogP contribution in [0, 0.1) is 0 Å². The number of nitrogens with zero attached hydrogens (tertiary/aromatic N) is 1. The monoisotopic (exact) mass is 306 g/mol. The van der Waals surface area contributed by atoms with Crippen molar-refractivity contribution in [3.05, 3.63) is 33.1 Å². The topological polar surface area (TPSA) is 114 Å². The van der Waals surface area contributed by atoms with Crippen LogP contribution in [0.3, 0.4) is 0 Å². The number of ether oxygens (including phenoxy) is 1. The van der Waals surface area contributed by atoms with E-state index in [0.29, 0.717) is 12.8 Å². The van der Waals surface area contributed by atoms with Gasteiger partial charge in [-0.15, -0.1) is 0 Å². The zero-order valence-electron chi connectivity index (χ0n) is 11.4. The first-order valence-corrected chi connectivity index (χ1v) is 9.19. The first-order valence-electron chi connectivity index (χ1n) is 6.23. The summed E-state index contributed by atoms with van der Waals surface area (Å²) in [5.41, 5.74) is -0.988. The fourth-order valence-electron chi connectivity index (χ4n) is 1.97. The van der Waals surface area contributed by atoms with Crippen molar-refractivity contribution >= 4 is 7.28 Å². The van der Waals surface area contributed by atoms with E-state index in [1.165, 1.54) is 30.2 Å². The third-order valence-corrected chi connectivity index (χ3v) is 3.78. The summed E-state index contributed by atoms with van der Waals surface area (Å²) in [4.78, 5) is 44.0. The van der Waals surface area contributed by atoms with Crippen molar-refractivity contribution in [1.29, 1.82) is 0 Å². The molecule has 0 saturated carbocycles. The predicted octanol–water partition coefficient (Wildman–Crippen LogP) is -0.227. The van der Waals surface area contributed by atoms with Gasteiger partial charge in [-0.1, -0.05) is 0 Å². The normalized spacial score (nSPS) is 25.3. The fraction of sp³-hybridized carbons (Fsp3) is 0.636. The number of hydrogen-bond donors (Lipinski definition) is 3. The van der Waals surface area contributed by atoms with Crippen molar-refractivity contribution in [2.45, 2.75) is 25.2 Å². The Morgan fingerprint density at radius 2 is 2.15 bits per heavy atom. The van der Waals surface area contributed by atoms with Crippen molar-refractivity contribution in [3.63, 3.8) is 0 Å². The van der Waals surface area contributed by atoms with Crippen LogP contribution in [0.1, 0.15) is 19.1 Å². The second-order valence-electron chi connectivity index (χ2n) is 5.47. The van der Waals surface area contributed by atoms with E-state index in [1.807, 2.05) is 0 Å². The number of aromatic amines is 1. The maximum atomic E-state index is 11.6. The van der Waals surface area contributed by atoms with Crippen molar-refractivity contribution in [2.24, 2.45) is 0 Å². The van der Waals surface area contributed by atoms with Gasteiger partial charge in [0.1, 0.15) is 0 Å². The van der Waals surface area contributed by atoms with Crippen LogP contribution >= 0.6 is 7.28 Å². The Balaban J connectivity index is 1.99. The molecule has 0 spiro atoms. The summed E-state index contributed by atoms with van der Waals surface area (Å²) in [6, 6.07) is 1.25. The first kappa shape index (κ1) is 15.3. The Bertz CT molecular complexity index is 592. The molecule has 20 heavy (non-hydrogen) atoms. The molecule has 0 bridgehead atoms. The molecule has 2 atom stereocenters. The minimum absolute atomic E-state index is 0.0480. The van der Waals surface area contributed by atoms with Crippen molar-refractivity contribution in [2.75, 3.05) is 19.9 Å². The SMILES string of the molecule is CP(C)(O)(O)OC[C@@H]1CC[C@H](n2ccc(=O)[nH]c2=O)O1. The van der Waals surface area contributed by atoms with Crippen LogP contribution in [0.5, 0.6) is 0 Å². The summed E-state index contributed by atoms with van der Waals surface area (Å²) in [6.07, 6.45) is 1.79. The van der Waals surface area contributed by atoms with E-state index in [4.69, 9.17) is 9.26 Å². The molecule has 0 aromatic carbocycles. The first-order chi connectivity index (χ1) is 9.10. The van der Waals surface area contributed by atoms with E-state index in [1.54, 1.807) is 0 Å². The molecule has 8 nitrogen and oxygen atoms in total. The molecular formula is C11H19N2O6P. The average Bonchev–Trinajstić information content (AvgIpc) is 2.73. The summed E-state index contributed by atoms with van der Waals surface area (Å²) < 4.78 is 12.0. The molecule has 1 aromatic heterocycles. The zero-order chi connectivity index (χ0) is 15.0. The van der Waals surface area contributed by atoms with E-state index in [-0.39, 0.29) is 12.7 Å². The Morgan fingerprint density at radius 3 is 2.75 bits per heavy atom. The van der Waals surface area contributed by atoms with E-state index in [0.717, 1.165) is 0 Å². The van der Waals surface area contributed by atoms with Gasteiger partial charge in [0.2, 0.25) is 0 Å². The Morgan fingerprint density at radius 1 is 1.45 bits per heavy atom. The van der Waals surface area contributed by atoms with Crippen LogP contribution in [-0.2, 0) is 9.26 Å². The number of H-pyrrole nitrogens is 1. The van der Waals surface area contributed by atoms with E-state index in [9.17, 15) is 19.4 Å². The molecule has 1 fully saturated rings. The van der Waals surface area contributed by atoms with Gasteiger partial charge in [-0.3, -0.25) is 0 Å². The molecule has 1 aliphatic rings. The van der Waals surface area contributed by atoms with Crippen LogP contribution in [0.15, 0.2) is 21.9 Å². The van der Waals surface area contributed by atoms with Gasteiger partial charge in [-0.05, 0) is 0 Å². The molecule has 9 heteroatoms. The summed E-state index contributed by atoms with van der Waals surface area (Å²) in [5, 5.41) is 0. The van der Waals surface area contributed by atoms with Gasteiger partial charge in [0.15, 0.2) is 0 Å². The minimum atomic E-state index is -4.00. The predicted molar refractivity (Wildman–Crippen MR) is 73.6 cm³/mol. The van der Waals surface area contributed by atoms with Gasteiger partial charge in [0.25, 0.3) is 0 Å². The Hall–Kier alpha value is -1.05. The second-order valence-corrected chi connectivity index (χ2v) is 9.46. The summed E-state index contributed by atoms with van der Waals surface area (Å²) in [7, 11) is -4.00. The average molecular weight is 306 g/mol. The molecule has 114 valence electrons. The molecule has 0 unspecified atom stereocenters. The van der Waals surface area contributed by atoms with E-state index < -0.39 is 24.8 Å². The second kappa shape index (κ2) is 5.05. The molecule has 3 N–H and O–H groups in total. The van der Waals surface area contributed by atoms with Crippen LogP contribution in [0.2, 0.25) is 0 Å². The van der Waals surface area contributed by atoms with Crippen molar-refractivity contribution in [1.82, 2.24) is 9.55 Å². The summed E-state index contributed by atoms with van der Waals surface area (Å²) in [6.45, 7) is 2.56. The van der Waals surface area contributed by atoms with Crippen molar-refractivity contribution < 1.29 is 19.0 Å². The van der Waals surface area contributed by atoms with Gasteiger partial charge >= 0.3 is 114 Å². The Labute approximate surface area is 115 Å².